The first-order valence-corrected chi connectivity index (χ1v) is 7.94. The van der Waals surface area contributed by atoms with Crippen molar-refractivity contribution in [3.8, 4) is 5.75 Å². The third-order valence-corrected chi connectivity index (χ3v) is 4.27. The van der Waals surface area contributed by atoms with Crippen molar-refractivity contribution in [2.24, 2.45) is 0 Å². The van der Waals surface area contributed by atoms with Gasteiger partial charge in [-0.2, -0.15) is 0 Å². The summed E-state index contributed by atoms with van der Waals surface area (Å²) >= 11 is 5.89. The second-order valence-corrected chi connectivity index (χ2v) is 6.14. The van der Waals surface area contributed by atoms with E-state index in [0.29, 0.717) is 22.9 Å². The molecule has 0 unspecified atom stereocenters. The number of halogens is 1. The molecule has 0 fully saturated rings. The Bertz CT molecular complexity index is 884. The Morgan fingerprint density at radius 3 is 2.58 bits per heavy atom. The zero-order valence-corrected chi connectivity index (χ0v) is 14.6. The molecule has 0 saturated carbocycles. The Labute approximate surface area is 145 Å². The average Bonchev–Trinajstić information content (AvgIpc) is 2.92. The van der Waals surface area contributed by atoms with E-state index < -0.39 is 0 Å². The quantitative estimate of drug-likeness (QED) is 0.691. The fourth-order valence-corrected chi connectivity index (χ4v) is 2.77. The Morgan fingerprint density at radius 1 is 1.21 bits per heavy atom. The van der Waals surface area contributed by atoms with Crippen LogP contribution in [0, 0.1) is 6.92 Å². The summed E-state index contributed by atoms with van der Waals surface area (Å²) in [5.74, 6) is 0.937. The smallest absolute Gasteiger partial charge is 0.289 e. The largest absolute Gasteiger partial charge is 0.497 e. The van der Waals surface area contributed by atoms with Gasteiger partial charge in [0.2, 0.25) is 0 Å². The van der Waals surface area contributed by atoms with Gasteiger partial charge in [0, 0.05) is 29.6 Å². The van der Waals surface area contributed by atoms with E-state index >= 15 is 0 Å². The third-order valence-electron chi connectivity index (χ3n) is 4.02. The molecule has 124 valence electrons. The molecule has 0 radical (unpaired) electrons. The second-order valence-electron chi connectivity index (χ2n) is 5.71. The Kier molecular flexibility index (Phi) is 4.49. The molecule has 3 aromatic rings. The molecule has 0 bridgehead atoms. The first kappa shape index (κ1) is 16.4. The van der Waals surface area contributed by atoms with Crippen LogP contribution in [0.1, 0.15) is 21.7 Å². The van der Waals surface area contributed by atoms with Gasteiger partial charge in [0.25, 0.3) is 5.91 Å². The molecule has 1 aromatic heterocycles. The first-order chi connectivity index (χ1) is 11.5. The van der Waals surface area contributed by atoms with Crippen LogP contribution in [0.25, 0.3) is 11.0 Å². The number of furan rings is 1. The molecule has 1 heterocycles. The molecular formula is C19H18ClNO3. The van der Waals surface area contributed by atoms with Crippen LogP contribution in [-0.2, 0) is 6.54 Å². The van der Waals surface area contributed by atoms with Crippen molar-refractivity contribution >= 4 is 28.5 Å². The summed E-state index contributed by atoms with van der Waals surface area (Å²) in [5, 5.41) is 1.56. The van der Waals surface area contributed by atoms with Crippen LogP contribution >= 0.6 is 11.6 Å². The van der Waals surface area contributed by atoms with Crippen LogP contribution in [0.5, 0.6) is 5.75 Å². The van der Waals surface area contributed by atoms with Gasteiger partial charge in [-0.3, -0.25) is 4.79 Å². The van der Waals surface area contributed by atoms with Gasteiger partial charge >= 0.3 is 0 Å². The van der Waals surface area contributed by atoms with E-state index in [2.05, 4.69) is 0 Å². The summed E-state index contributed by atoms with van der Waals surface area (Å²) in [6.45, 7) is 2.37. The molecule has 1 amide bonds. The van der Waals surface area contributed by atoms with E-state index in [0.717, 1.165) is 22.3 Å². The number of ether oxygens (including phenoxy) is 1. The Hall–Kier alpha value is -2.46. The number of benzene rings is 2. The minimum absolute atomic E-state index is 0.155. The molecule has 2 aromatic carbocycles. The van der Waals surface area contributed by atoms with Gasteiger partial charge in [0.1, 0.15) is 11.3 Å². The molecule has 3 rings (SSSR count). The van der Waals surface area contributed by atoms with Crippen molar-refractivity contribution in [2.45, 2.75) is 13.5 Å². The van der Waals surface area contributed by atoms with Gasteiger partial charge < -0.3 is 14.1 Å². The molecule has 4 nitrogen and oxygen atoms in total. The van der Waals surface area contributed by atoms with Gasteiger partial charge in [-0.05, 0) is 42.8 Å². The molecule has 0 aliphatic heterocycles. The number of nitrogens with zero attached hydrogens (tertiary/aromatic N) is 1. The molecular weight excluding hydrogens is 326 g/mol. The van der Waals surface area contributed by atoms with Crippen LogP contribution in [0.15, 0.2) is 46.9 Å². The minimum atomic E-state index is -0.155. The van der Waals surface area contributed by atoms with Gasteiger partial charge in [0.15, 0.2) is 5.76 Å². The summed E-state index contributed by atoms with van der Waals surface area (Å²) in [4.78, 5) is 14.4. The lowest BCUT2D eigenvalue weighted by molar-refractivity contribution is 0.0755. The molecule has 0 saturated heterocycles. The van der Waals surface area contributed by atoms with Crippen molar-refractivity contribution in [3.63, 3.8) is 0 Å². The fourth-order valence-electron chi connectivity index (χ4n) is 2.64. The average molecular weight is 344 g/mol. The van der Waals surface area contributed by atoms with Crippen molar-refractivity contribution in [1.82, 2.24) is 4.90 Å². The standard InChI is InChI=1S/C19H18ClNO3/c1-12-16-10-15(23-3)8-9-17(16)24-18(12)19(22)21(2)11-13-4-6-14(20)7-5-13/h4-10H,11H2,1-3H3. The monoisotopic (exact) mass is 343 g/mol. The number of carbonyl (C=O) groups is 1. The highest BCUT2D eigenvalue weighted by molar-refractivity contribution is 6.30. The van der Waals surface area contributed by atoms with Crippen LogP contribution in [-0.4, -0.2) is 25.0 Å². The number of amides is 1. The van der Waals surface area contributed by atoms with E-state index in [9.17, 15) is 4.79 Å². The maximum absolute atomic E-state index is 12.7. The Morgan fingerprint density at radius 2 is 1.92 bits per heavy atom. The molecule has 24 heavy (non-hydrogen) atoms. The molecule has 5 heteroatoms. The van der Waals surface area contributed by atoms with Crippen molar-refractivity contribution in [2.75, 3.05) is 14.2 Å². The molecule has 0 aliphatic rings. The summed E-state index contributed by atoms with van der Waals surface area (Å²) in [5.41, 5.74) is 2.50. The van der Waals surface area contributed by atoms with Crippen molar-refractivity contribution in [3.05, 3.63) is 64.4 Å². The number of aryl methyl sites for hydroxylation is 1. The number of fused-ring (bicyclic) bond motifs is 1. The SMILES string of the molecule is COc1ccc2oc(C(=O)N(C)Cc3ccc(Cl)cc3)c(C)c2c1. The van der Waals surface area contributed by atoms with Gasteiger partial charge in [-0.1, -0.05) is 23.7 Å². The first-order valence-electron chi connectivity index (χ1n) is 7.56. The molecule has 0 atom stereocenters. The van der Waals surface area contributed by atoms with E-state index in [1.807, 2.05) is 49.4 Å². The molecule has 0 aliphatic carbocycles. The van der Waals surface area contributed by atoms with E-state index in [1.54, 1.807) is 19.1 Å². The molecule has 0 spiro atoms. The van der Waals surface area contributed by atoms with Crippen molar-refractivity contribution in [1.29, 1.82) is 0 Å². The van der Waals surface area contributed by atoms with Crippen LogP contribution in [0.3, 0.4) is 0 Å². The highest BCUT2D eigenvalue weighted by Gasteiger charge is 2.21. The second kappa shape index (κ2) is 6.57. The number of hydrogen-bond donors (Lipinski definition) is 0. The van der Waals surface area contributed by atoms with Gasteiger partial charge in [0.05, 0.1) is 7.11 Å². The predicted octanol–water partition coefficient (Wildman–Crippen LogP) is 4.68. The van der Waals surface area contributed by atoms with E-state index in [4.69, 9.17) is 20.8 Å². The van der Waals surface area contributed by atoms with Crippen LogP contribution in [0.2, 0.25) is 5.02 Å². The number of methoxy groups -OCH3 is 1. The number of carbonyl (C=O) groups excluding carboxylic acids is 1. The minimum Gasteiger partial charge on any atom is -0.497 e. The van der Waals surface area contributed by atoms with Gasteiger partial charge in [-0.25, -0.2) is 0 Å². The lowest BCUT2D eigenvalue weighted by Gasteiger charge is -2.16. The normalized spacial score (nSPS) is 10.8. The highest BCUT2D eigenvalue weighted by Crippen LogP contribution is 2.29. The van der Waals surface area contributed by atoms with Crippen molar-refractivity contribution < 1.29 is 13.9 Å². The maximum atomic E-state index is 12.7. The zero-order chi connectivity index (χ0) is 17.3. The van der Waals surface area contributed by atoms with E-state index in [-0.39, 0.29) is 5.91 Å². The predicted molar refractivity (Wildman–Crippen MR) is 94.8 cm³/mol. The zero-order valence-electron chi connectivity index (χ0n) is 13.8. The molecule has 0 N–H and O–H groups in total. The lowest BCUT2D eigenvalue weighted by Crippen LogP contribution is -2.26. The number of hydrogen-bond acceptors (Lipinski definition) is 3. The summed E-state index contributed by atoms with van der Waals surface area (Å²) in [6.07, 6.45) is 0. The summed E-state index contributed by atoms with van der Waals surface area (Å²) in [7, 11) is 3.37. The summed E-state index contributed by atoms with van der Waals surface area (Å²) in [6, 6.07) is 12.9. The van der Waals surface area contributed by atoms with Gasteiger partial charge in [-0.15, -0.1) is 0 Å². The van der Waals surface area contributed by atoms with Crippen LogP contribution in [0.4, 0.5) is 0 Å². The lowest BCUT2D eigenvalue weighted by atomic mass is 10.1. The van der Waals surface area contributed by atoms with E-state index in [1.165, 1.54) is 0 Å². The maximum Gasteiger partial charge on any atom is 0.289 e. The van der Waals surface area contributed by atoms with Crippen LogP contribution < -0.4 is 4.74 Å². The third kappa shape index (κ3) is 3.10. The summed E-state index contributed by atoms with van der Waals surface area (Å²) < 4.78 is 11.0. The fraction of sp³-hybridized carbons (Fsp3) is 0.211. The number of rotatable bonds is 4. The topological polar surface area (TPSA) is 42.7 Å². The Balaban J connectivity index is 1.87. The highest BCUT2D eigenvalue weighted by atomic mass is 35.5.